The zero-order chi connectivity index (χ0) is 22.4. The van der Waals surface area contributed by atoms with E-state index in [1.165, 1.54) is 13.8 Å². The molecule has 0 saturated carbocycles. The summed E-state index contributed by atoms with van der Waals surface area (Å²) < 4.78 is 16.5. The van der Waals surface area contributed by atoms with Crippen LogP contribution in [0.2, 0.25) is 0 Å². The largest absolute Gasteiger partial charge is 0.459 e. The van der Waals surface area contributed by atoms with Gasteiger partial charge in [-0.1, -0.05) is 18.2 Å². The highest BCUT2D eigenvalue weighted by atomic mass is 16.5. The van der Waals surface area contributed by atoms with E-state index in [4.69, 9.17) is 14.2 Å². The van der Waals surface area contributed by atoms with Crippen LogP contribution < -0.4 is 9.47 Å². The zero-order valence-corrected chi connectivity index (χ0v) is 18.3. The number of esters is 3. The number of hydrogen-bond donors (Lipinski definition) is 0. The summed E-state index contributed by atoms with van der Waals surface area (Å²) in [5, 5.41) is 0. The lowest BCUT2D eigenvalue weighted by atomic mass is 9.93. The van der Waals surface area contributed by atoms with Crippen LogP contribution in [0.25, 0.3) is 0 Å². The SMILES string of the molecule is CC(=O)Oc1c(C)c(C)c(OC(C)=O)c(CC[C@@H](C)OC(=O)c2ccccc2)c1C. The molecule has 0 aromatic heterocycles. The van der Waals surface area contributed by atoms with E-state index in [1.807, 2.05) is 33.8 Å². The van der Waals surface area contributed by atoms with Crippen LogP contribution in [0.3, 0.4) is 0 Å². The Bertz CT molecular complexity index is 946. The Kier molecular flexibility index (Phi) is 7.75. The number of carbonyl (C=O) groups excluding carboxylic acids is 3. The minimum Gasteiger partial charge on any atom is -0.459 e. The van der Waals surface area contributed by atoms with Crippen LogP contribution in [-0.2, 0) is 20.7 Å². The van der Waals surface area contributed by atoms with Crippen molar-refractivity contribution in [3.63, 3.8) is 0 Å². The molecule has 0 aliphatic rings. The van der Waals surface area contributed by atoms with Gasteiger partial charge in [-0.15, -0.1) is 0 Å². The average molecular weight is 412 g/mol. The summed E-state index contributed by atoms with van der Waals surface area (Å²) in [4.78, 5) is 35.5. The van der Waals surface area contributed by atoms with Gasteiger partial charge < -0.3 is 14.2 Å². The molecule has 2 rings (SSSR count). The van der Waals surface area contributed by atoms with Crippen LogP contribution in [0.5, 0.6) is 11.5 Å². The van der Waals surface area contributed by atoms with Crippen LogP contribution in [0.1, 0.15) is 59.8 Å². The third-order valence-electron chi connectivity index (χ3n) is 4.92. The molecule has 160 valence electrons. The molecular formula is C24H28O6. The Labute approximate surface area is 177 Å². The Morgan fingerprint density at radius 2 is 1.37 bits per heavy atom. The molecule has 30 heavy (non-hydrogen) atoms. The number of carbonyl (C=O) groups is 3. The first-order chi connectivity index (χ1) is 14.1. The van der Waals surface area contributed by atoms with Crippen molar-refractivity contribution in [2.75, 3.05) is 0 Å². The van der Waals surface area contributed by atoms with Gasteiger partial charge in [0.05, 0.1) is 11.7 Å². The molecule has 1 atom stereocenters. The van der Waals surface area contributed by atoms with Gasteiger partial charge in [-0.2, -0.15) is 0 Å². The lowest BCUT2D eigenvalue weighted by Gasteiger charge is -2.22. The number of benzene rings is 2. The van der Waals surface area contributed by atoms with Gasteiger partial charge in [-0.25, -0.2) is 4.79 Å². The molecule has 6 heteroatoms. The minimum absolute atomic E-state index is 0.360. The Morgan fingerprint density at radius 1 is 0.833 bits per heavy atom. The summed E-state index contributed by atoms with van der Waals surface area (Å²) in [5.74, 6) is -0.297. The van der Waals surface area contributed by atoms with Gasteiger partial charge in [0, 0.05) is 19.4 Å². The van der Waals surface area contributed by atoms with Crippen molar-refractivity contribution < 1.29 is 28.6 Å². The van der Waals surface area contributed by atoms with E-state index in [-0.39, 0.29) is 12.1 Å². The Morgan fingerprint density at radius 3 is 1.93 bits per heavy atom. The molecule has 0 bridgehead atoms. The van der Waals surface area contributed by atoms with Crippen molar-refractivity contribution >= 4 is 17.9 Å². The third-order valence-corrected chi connectivity index (χ3v) is 4.92. The molecule has 0 unspecified atom stereocenters. The molecule has 0 heterocycles. The molecule has 0 fully saturated rings. The lowest BCUT2D eigenvalue weighted by molar-refractivity contribution is -0.133. The molecular weight excluding hydrogens is 384 g/mol. The van der Waals surface area contributed by atoms with E-state index in [9.17, 15) is 14.4 Å². The monoisotopic (exact) mass is 412 g/mol. The normalized spacial score (nSPS) is 11.5. The molecule has 0 saturated heterocycles. The maximum atomic E-state index is 12.3. The Balaban J connectivity index is 2.27. The van der Waals surface area contributed by atoms with Gasteiger partial charge in [-0.05, 0) is 69.4 Å². The molecule has 2 aromatic rings. The van der Waals surface area contributed by atoms with Crippen molar-refractivity contribution in [2.24, 2.45) is 0 Å². The van der Waals surface area contributed by atoms with E-state index in [1.54, 1.807) is 24.3 Å². The van der Waals surface area contributed by atoms with Crippen LogP contribution >= 0.6 is 0 Å². The average Bonchev–Trinajstić information content (AvgIpc) is 2.69. The second-order valence-corrected chi connectivity index (χ2v) is 7.32. The quantitative estimate of drug-likeness (QED) is 0.487. The summed E-state index contributed by atoms with van der Waals surface area (Å²) in [6, 6.07) is 8.79. The minimum atomic E-state index is -0.429. The molecule has 0 aliphatic carbocycles. The molecule has 6 nitrogen and oxygen atoms in total. The van der Waals surface area contributed by atoms with Gasteiger partial charge >= 0.3 is 17.9 Å². The van der Waals surface area contributed by atoms with Crippen LogP contribution in [-0.4, -0.2) is 24.0 Å². The molecule has 0 spiro atoms. The predicted octanol–water partition coefficient (Wildman–Crippen LogP) is 4.64. The third kappa shape index (κ3) is 5.69. The van der Waals surface area contributed by atoms with E-state index in [2.05, 4.69) is 0 Å². The summed E-state index contributed by atoms with van der Waals surface area (Å²) in [6.07, 6.45) is 0.629. The topological polar surface area (TPSA) is 78.9 Å². The first-order valence-corrected chi connectivity index (χ1v) is 9.87. The second kappa shape index (κ2) is 10.1. The molecule has 0 aliphatic heterocycles. The second-order valence-electron chi connectivity index (χ2n) is 7.32. The molecule has 2 aromatic carbocycles. The van der Waals surface area contributed by atoms with Gasteiger partial charge in [0.25, 0.3) is 0 Å². The highest BCUT2D eigenvalue weighted by molar-refractivity contribution is 5.89. The summed E-state index contributed by atoms with van der Waals surface area (Å²) in [5.41, 5.74) is 3.45. The smallest absolute Gasteiger partial charge is 0.338 e. The van der Waals surface area contributed by atoms with Gasteiger partial charge in [0.1, 0.15) is 11.5 Å². The van der Waals surface area contributed by atoms with E-state index < -0.39 is 11.9 Å². The standard InChI is InChI=1S/C24H28O6/c1-14(28-24(27)20-10-8-7-9-11-20)12-13-21-17(4)22(29-18(5)25)15(2)16(3)23(21)30-19(6)26/h7-11,14H,12-13H2,1-6H3/t14-/m1/s1. The lowest BCUT2D eigenvalue weighted by Crippen LogP contribution is -2.17. The molecule has 0 amide bonds. The number of rotatable bonds is 7. The van der Waals surface area contributed by atoms with E-state index in [0.29, 0.717) is 29.9 Å². The zero-order valence-electron chi connectivity index (χ0n) is 18.3. The maximum absolute atomic E-state index is 12.3. The van der Waals surface area contributed by atoms with Crippen molar-refractivity contribution in [2.45, 2.75) is 60.5 Å². The number of ether oxygens (including phenoxy) is 3. The van der Waals surface area contributed by atoms with Crippen molar-refractivity contribution in [3.05, 3.63) is 58.1 Å². The fourth-order valence-corrected chi connectivity index (χ4v) is 3.27. The number of hydrogen-bond acceptors (Lipinski definition) is 6. The molecule has 0 radical (unpaired) electrons. The fourth-order valence-electron chi connectivity index (χ4n) is 3.27. The first kappa shape index (κ1) is 23.1. The predicted molar refractivity (Wildman–Crippen MR) is 113 cm³/mol. The van der Waals surface area contributed by atoms with Crippen LogP contribution in [0, 0.1) is 20.8 Å². The summed E-state index contributed by atoms with van der Waals surface area (Å²) in [6.45, 7) is 9.98. The summed E-state index contributed by atoms with van der Waals surface area (Å²) in [7, 11) is 0. The van der Waals surface area contributed by atoms with E-state index in [0.717, 1.165) is 22.3 Å². The van der Waals surface area contributed by atoms with Crippen LogP contribution in [0.4, 0.5) is 0 Å². The van der Waals surface area contributed by atoms with Crippen molar-refractivity contribution in [3.8, 4) is 11.5 Å². The van der Waals surface area contributed by atoms with Crippen LogP contribution in [0.15, 0.2) is 30.3 Å². The van der Waals surface area contributed by atoms with Gasteiger partial charge in [-0.3, -0.25) is 9.59 Å². The Hall–Kier alpha value is -3.15. The van der Waals surface area contributed by atoms with Gasteiger partial charge in [0.15, 0.2) is 0 Å². The van der Waals surface area contributed by atoms with E-state index >= 15 is 0 Å². The van der Waals surface area contributed by atoms with Crippen molar-refractivity contribution in [1.82, 2.24) is 0 Å². The maximum Gasteiger partial charge on any atom is 0.338 e. The fraction of sp³-hybridized carbons (Fsp3) is 0.375. The molecule has 0 N–H and O–H groups in total. The highest BCUT2D eigenvalue weighted by Crippen LogP contribution is 2.39. The van der Waals surface area contributed by atoms with Crippen molar-refractivity contribution in [1.29, 1.82) is 0 Å². The highest BCUT2D eigenvalue weighted by Gasteiger charge is 2.23. The summed E-state index contributed by atoms with van der Waals surface area (Å²) >= 11 is 0. The van der Waals surface area contributed by atoms with Gasteiger partial charge in [0.2, 0.25) is 0 Å². The first-order valence-electron chi connectivity index (χ1n) is 9.87.